The summed E-state index contributed by atoms with van der Waals surface area (Å²) in [5, 5.41) is 1.52. The number of nitrogens with one attached hydrogen (secondary N) is 1. The van der Waals surface area contributed by atoms with E-state index in [-0.39, 0.29) is 5.75 Å². The third-order valence-electron chi connectivity index (χ3n) is 4.04. The van der Waals surface area contributed by atoms with Crippen molar-refractivity contribution in [3.05, 3.63) is 59.7 Å². The third-order valence-corrected chi connectivity index (χ3v) is 6.07. The Labute approximate surface area is 148 Å². The quantitative estimate of drug-likeness (QED) is 0.822. The molecule has 0 unspecified atom stereocenters. The number of rotatable bonds is 7. The van der Waals surface area contributed by atoms with Crippen LogP contribution in [0.25, 0.3) is 0 Å². The van der Waals surface area contributed by atoms with Gasteiger partial charge in [-0.15, -0.1) is 0 Å². The Morgan fingerprint density at radius 1 is 1.12 bits per heavy atom. The highest BCUT2D eigenvalue weighted by Gasteiger charge is 2.28. The first-order valence-electron chi connectivity index (χ1n) is 8.10. The van der Waals surface area contributed by atoms with E-state index in [9.17, 15) is 13.2 Å². The third kappa shape index (κ3) is 5.06. The summed E-state index contributed by atoms with van der Waals surface area (Å²) in [6, 6.07) is 14.2. The molecule has 0 fully saturated rings. The highest BCUT2D eigenvalue weighted by Crippen LogP contribution is 2.18. The van der Waals surface area contributed by atoms with Crippen molar-refractivity contribution >= 4 is 21.4 Å². The number of hydrogen-bond acceptors (Lipinski definition) is 4. The Morgan fingerprint density at radius 2 is 1.80 bits per heavy atom. The number of sulfone groups is 1. The van der Waals surface area contributed by atoms with Crippen molar-refractivity contribution in [2.24, 2.45) is 0 Å². The zero-order valence-electron chi connectivity index (χ0n) is 14.7. The van der Waals surface area contributed by atoms with Crippen molar-refractivity contribution in [2.45, 2.75) is 31.3 Å². The Bertz CT molecular complexity index is 829. The molecule has 0 saturated carbocycles. The van der Waals surface area contributed by atoms with E-state index >= 15 is 0 Å². The fraction of sp³-hybridized carbons (Fsp3) is 0.316. The van der Waals surface area contributed by atoms with Crippen LogP contribution in [0.1, 0.15) is 25.0 Å². The summed E-state index contributed by atoms with van der Waals surface area (Å²) in [6.45, 7) is 3.45. The minimum Gasteiger partial charge on any atom is -0.497 e. The van der Waals surface area contributed by atoms with Gasteiger partial charge < -0.3 is 10.1 Å². The van der Waals surface area contributed by atoms with Gasteiger partial charge in [-0.2, -0.15) is 0 Å². The fourth-order valence-corrected chi connectivity index (χ4v) is 3.63. The number of aryl methyl sites for hydroxylation is 1. The zero-order valence-corrected chi connectivity index (χ0v) is 15.5. The van der Waals surface area contributed by atoms with Gasteiger partial charge in [-0.3, -0.25) is 4.79 Å². The van der Waals surface area contributed by atoms with Crippen molar-refractivity contribution < 1.29 is 17.9 Å². The molecule has 0 aliphatic heterocycles. The van der Waals surface area contributed by atoms with E-state index in [4.69, 9.17) is 4.74 Å². The smallest absolute Gasteiger partial charge is 0.242 e. The van der Waals surface area contributed by atoms with Crippen LogP contribution in [0.15, 0.2) is 48.5 Å². The lowest BCUT2D eigenvalue weighted by Gasteiger charge is -2.14. The average Bonchev–Trinajstić information content (AvgIpc) is 2.61. The number of carbonyl (C=O) groups excluding carboxylic acids is 1. The summed E-state index contributed by atoms with van der Waals surface area (Å²) in [4.78, 5) is 12.3. The molecular weight excluding hydrogens is 338 g/mol. The Hall–Kier alpha value is -2.34. The minimum atomic E-state index is -3.64. The molecule has 0 heterocycles. The van der Waals surface area contributed by atoms with Crippen LogP contribution in [0, 0.1) is 0 Å². The first kappa shape index (κ1) is 19.0. The van der Waals surface area contributed by atoms with Crippen LogP contribution in [0.3, 0.4) is 0 Å². The molecule has 134 valence electrons. The lowest BCUT2D eigenvalue weighted by atomic mass is 10.1. The molecule has 0 aliphatic rings. The van der Waals surface area contributed by atoms with E-state index < -0.39 is 21.0 Å². The van der Waals surface area contributed by atoms with Gasteiger partial charge in [0.1, 0.15) is 11.0 Å². The van der Waals surface area contributed by atoms with Crippen molar-refractivity contribution in [2.75, 3.05) is 12.4 Å². The summed E-state index contributed by atoms with van der Waals surface area (Å²) in [5.41, 5.74) is 2.33. The van der Waals surface area contributed by atoms with Crippen molar-refractivity contribution in [1.82, 2.24) is 0 Å². The van der Waals surface area contributed by atoms with Crippen LogP contribution >= 0.6 is 0 Å². The molecule has 0 aromatic heterocycles. The minimum absolute atomic E-state index is 0.215. The second kappa shape index (κ2) is 8.16. The molecule has 2 aromatic carbocycles. The largest absolute Gasteiger partial charge is 0.497 e. The van der Waals surface area contributed by atoms with Crippen molar-refractivity contribution in [3.8, 4) is 5.75 Å². The second-order valence-corrected chi connectivity index (χ2v) is 8.16. The van der Waals surface area contributed by atoms with Crippen LogP contribution in [0.5, 0.6) is 5.75 Å². The van der Waals surface area contributed by atoms with Crippen LogP contribution < -0.4 is 10.1 Å². The van der Waals surface area contributed by atoms with E-state index in [0.29, 0.717) is 17.0 Å². The lowest BCUT2D eigenvalue weighted by Crippen LogP contribution is -2.33. The Morgan fingerprint density at radius 3 is 2.40 bits per heavy atom. The second-order valence-electron chi connectivity index (χ2n) is 5.84. The monoisotopic (exact) mass is 361 g/mol. The first-order valence-corrected chi connectivity index (χ1v) is 9.81. The first-order chi connectivity index (χ1) is 11.9. The molecule has 1 N–H and O–H groups in total. The van der Waals surface area contributed by atoms with Crippen LogP contribution in [-0.2, 0) is 26.8 Å². The number of carbonyl (C=O) groups is 1. The molecule has 0 spiro atoms. The standard InChI is InChI=1S/C19H23NO4S/c1-4-15-8-10-17(11-9-15)20-19(21)14(2)25(22,23)13-16-6-5-7-18(12-16)24-3/h5-12,14H,4,13H2,1-3H3,(H,20,21)/t14-/m1/s1. The topological polar surface area (TPSA) is 72.5 Å². The molecule has 25 heavy (non-hydrogen) atoms. The van der Waals surface area contributed by atoms with Crippen molar-refractivity contribution in [1.29, 1.82) is 0 Å². The van der Waals surface area contributed by atoms with Gasteiger partial charge in [0.25, 0.3) is 0 Å². The molecule has 2 rings (SSSR count). The van der Waals surface area contributed by atoms with Gasteiger partial charge in [-0.05, 0) is 48.7 Å². The average molecular weight is 361 g/mol. The molecule has 0 bridgehead atoms. The van der Waals surface area contributed by atoms with Gasteiger partial charge in [-0.25, -0.2) is 8.42 Å². The van der Waals surface area contributed by atoms with E-state index in [1.807, 2.05) is 19.1 Å². The SMILES string of the molecule is CCc1ccc(NC(=O)[C@@H](C)S(=O)(=O)Cc2cccc(OC)c2)cc1. The highest BCUT2D eigenvalue weighted by molar-refractivity contribution is 7.92. The molecular formula is C19H23NO4S. The molecule has 6 heteroatoms. The predicted octanol–water partition coefficient (Wildman–Crippen LogP) is 3.20. The lowest BCUT2D eigenvalue weighted by molar-refractivity contribution is -0.115. The highest BCUT2D eigenvalue weighted by atomic mass is 32.2. The number of hydrogen-bond donors (Lipinski definition) is 1. The van der Waals surface area contributed by atoms with Crippen LogP contribution in [0.2, 0.25) is 0 Å². The number of amides is 1. The molecule has 1 amide bonds. The van der Waals surface area contributed by atoms with Crippen LogP contribution in [0.4, 0.5) is 5.69 Å². The van der Waals surface area contributed by atoms with Gasteiger partial charge in [0.05, 0.1) is 12.9 Å². The summed E-state index contributed by atoms with van der Waals surface area (Å²) < 4.78 is 30.2. The number of methoxy groups -OCH3 is 1. The van der Waals surface area contributed by atoms with Gasteiger partial charge >= 0.3 is 0 Å². The van der Waals surface area contributed by atoms with Crippen molar-refractivity contribution in [3.63, 3.8) is 0 Å². The van der Waals surface area contributed by atoms with E-state index in [0.717, 1.165) is 12.0 Å². The maximum Gasteiger partial charge on any atom is 0.242 e. The summed E-state index contributed by atoms with van der Waals surface area (Å²) in [7, 11) is -2.12. The van der Waals surface area contributed by atoms with Gasteiger partial charge in [0.2, 0.25) is 5.91 Å². The number of ether oxygens (including phenoxy) is 1. The molecule has 1 atom stereocenters. The van der Waals surface area contributed by atoms with Gasteiger partial charge in [0, 0.05) is 5.69 Å². The summed E-state index contributed by atoms with van der Waals surface area (Å²) in [6.07, 6.45) is 0.902. The number of benzene rings is 2. The molecule has 0 aliphatic carbocycles. The Balaban J connectivity index is 2.07. The molecule has 0 radical (unpaired) electrons. The maximum atomic E-state index is 12.5. The molecule has 5 nitrogen and oxygen atoms in total. The normalized spacial score (nSPS) is 12.4. The van der Waals surface area contributed by atoms with E-state index in [2.05, 4.69) is 5.32 Å². The molecule has 2 aromatic rings. The zero-order chi connectivity index (χ0) is 18.4. The summed E-state index contributed by atoms with van der Waals surface area (Å²) >= 11 is 0. The summed E-state index contributed by atoms with van der Waals surface area (Å²) in [5.74, 6) is -0.166. The van der Waals surface area contributed by atoms with Gasteiger partial charge in [0.15, 0.2) is 9.84 Å². The van der Waals surface area contributed by atoms with E-state index in [1.54, 1.807) is 36.4 Å². The van der Waals surface area contributed by atoms with Gasteiger partial charge in [-0.1, -0.05) is 31.2 Å². The van der Waals surface area contributed by atoms with Crippen LogP contribution in [-0.4, -0.2) is 26.7 Å². The fourth-order valence-electron chi connectivity index (χ4n) is 2.35. The maximum absolute atomic E-state index is 12.5. The molecule has 0 saturated heterocycles. The Kier molecular flexibility index (Phi) is 6.20. The predicted molar refractivity (Wildman–Crippen MR) is 99.5 cm³/mol. The number of anilines is 1. The van der Waals surface area contributed by atoms with E-state index in [1.165, 1.54) is 14.0 Å².